The van der Waals surface area contributed by atoms with E-state index in [1.165, 1.54) is 32.1 Å². The van der Waals surface area contributed by atoms with Gasteiger partial charge in [-0.05, 0) is 56.2 Å². The van der Waals surface area contributed by atoms with Crippen molar-refractivity contribution in [1.29, 1.82) is 0 Å². The van der Waals surface area contributed by atoms with E-state index in [2.05, 4.69) is 6.92 Å². The zero-order valence-electron chi connectivity index (χ0n) is 18.2. The molecule has 2 rings (SSSR count). The first-order chi connectivity index (χ1) is 14.1. The van der Waals surface area contributed by atoms with Crippen molar-refractivity contribution in [3.63, 3.8) is 0 Å². The van der Waals surface area contributed by atoms with Crippen LogP contribution in [0.1, 0.15) is 90.0 Å². The van der Waals surface area contributed by atoms with Crippen LogP contribution in [0.2, 0.25) is 0 Å². The Morgan fingerprint density at radius 3 is 2.28 bits per heavy atom. The van der Waals surface area contributed by atoms with Gasteiger partial charge in [-0.1, -0.05) is 58.1 Å². The van der Waals surface area contributed by atoms with Gasteiger partial charge in [0.25, 0.3) is 0 Å². The minimum atomic E-state index is -0.870. The third-order valence-corrected chi connectivity index (χ3v) is 5.60. The Hall–Kier alpha value is -1.75. The highest BCUT2D eigenvalue weighted by Crippen LogP contribution is 2.38. The molecule has 0 unspecified atom stereocenters. The van der Waals surface area contributed by atoms with Gasteiger partial charge in [-0.15, -0.1) is 0 Å². The van der Waals surface area contributed by atoms with Crippen LogP contribution in [0.4, 0.5) is 4.79 Å². The first-order valence-electron chi connectivity index (χ1n) is 11.4. The molecule has 1 aliphatic rings. The topological polar surface area (TPSA) is 65.0 Å². The van der Waals surface area contributed by atoms with E-state index < -0.39 is 11.8 Å². The highest BCUT2D eigenvalue weighted by atomic mass is 16.7. The van der Waals surface area contributed by atoms with Crippen molar-refractivity contribution in [1.82, 2.24) is 0 Å². The maximum absolute atomic E-state index is 11.6. The van der Waals surface area contributed by atoms with Crippen LogP contribution in [-0.2, 0) is 15.1 Å². The van der Waals surface area contributed by atoms with E-state index in [0.29, 0.717) is 32.3 Å². The SMILES string of the molecule is CCCCCCCCOc1ccc(C2(O)CCC(OC(=O)OCCC)CC2)cc1. The van der Waals surface area contributed by atoms with Crippen molar-refractivity contribution in [3.05, 3.63) is 29.8 Å². The van der Waals surface area contributed by atoms with Gasteiger partial charge in [-0.3, -0.25) is 0 Å². The molecule has 0 saturated heterocycles. The number of ether oxygens (including phenoxy) is 3. The minimum absolute atomic E-state index is 0.181. The second-order valence-electron chi connectivity index (χ2n) is 8.09. The van der Waals surface area contributed by atoms with E-state index in [-0.39, 0.29) is 6.10 Å². The zero-order valence-corrected chi connectivity index (χ0v) is 18.2. The average molecular weight is 407 g/mol. The Bertz CT molecular complexity index is 575. The van der Waals surface area contributed by atoms with Crippen LogP contribution in [0, 0.1) is 0 Å². The summed E-state index contributed by atoms with van der Waals surface area (Å²) in [5.41, 5.74) is 0.0294. The molecule has 164 valence electrons. The third-order valence-electron chi connectivity index (χ3n) is 5.60. The summed E-state index contributed by atoms with van der Waals surface area (Å²) in [6.45, 7) is 5.29. The van der Waals surface area contributed by atoms with Crippen LogP contribution < -0.4 is 4.74 Å². The molecule has 1 saturated carbocycles. The summed E-state index contributed by atoms with van der Waals surface area (Å²) in [4.78, 5) is 11.6. The quantitative estimate of drug-likeness (QED) is 0.335. The number of unbranched alkanes of at least 4 members (excludes halogenated alkanes) is 5. The van der Waals surface area contributed by atoms with Gasteiger partial charge in [0.1, 0.15) is 11.9 Å². The molecule has 0 heterocycles. The van der Waals surface area contributed by atoms with Gasteiger partial charge >= 0.3 is 6.16 Å². The summed E-state index contributed by atoms with van der Waals surface area (Å²) in [7, 11) is 0. The molecule has 0 amide bonds. The summed E-state index contributed by atoms with van der Waals surface area (Å²) in [6.07, 6.45) is 9.88. The van der Waals surface area contributed by atoms with E-state index in [0.717, 1.165) is 30.8 Å². The van der Waals surface area contributed by atoms with Crippen LogP contribution in [0.5, 0.6) is 5.75 Å². The monoisotopic (exact) mass is 406 g/mol. The fourth-order valence-electron chi connectivity index (χ4n) is 3.76. The number of carbonyl (C=O) groups excluding carboxylic acids is 1. The first kappa shape index (κ1) is 23.5. The molecule has 0 bridgehead atoms. The minimum Gasteiger partial charge on any atom is -0.494 e. The lowest BCUT2D eigenvalue weighted by atomic mass is 9.78. The summed E-state index contributed by atoms with van der Waals surface area (Å²) in [6, 6.07) is 7.78. The molecule has 1 aromatic carbocycles. The second-order valence-corrected chi connectivity index (χ2v) is 8.09. The molecule has 0 radical (unpaired) electrons. The predicted molar refractivity (Wildman–Crippen MR) is 114 cm³/mol. The lowest BCUT2D eigenvalue weighted by molar-refractivity contribution is -0.0536. The third kappa shape index (κ3) is 8.25. The van der Waals surface area contributed by atoms with Gasteiger partial charge in [0.2, 0.25) is 0 Å². The largest absolute Gasteiger partial charge is 0.508 e. The number of rotatable bonds is 12. The number of hydrogen-bond acceptors (Lipinski definition) is 5. The average Bonchev–Trinajstić information content (AvgIpc) is 2.74. The van der Waals surface area contributed by atoms with Crippen LogP contribution in [0.25, 0.3) is 0 Å². The normalized spacial score (nSPS) is 21.6. The maximum atomic E-state index is 11.6. The molecule has 1 aliphatic carbocycles. The van der Waals surface area contributed by atoms with E-state index in [9.17, 15) is 9.90 Å². The number of aliphatic hydroxyl groups is 1. The number of benzene rings is 1. The van der Waals surface area contributed by atoms with Crippen molar-refractivity contribution in [3.8, 4) is 5.75 Å². The van der Waals surface area contributed by atoms with Crippen LogP contribution in [0.3, 0.4) is 0 Å². The van der Waals surface area contributed by atoms with Crippen LogP contribution >= 0.6 is 0 Å². The van der Waals surface area contributed by atoms with Crippen molar-refractivity contribution in [2.45, 2.75) is 96.2 Å². The zero-order chi connectivity index (χ0) is 21.0. The molecule has 1 N–H and O–H groups in total. The van der Waals surface area contributed by atoms with Crippen LogP contribution in [-0.4, -0.2) is 30.6 Å². The van der Waals surface area contributed by atoms with Crippen molar-refractivity contribution in [2.75, 3.05) is 13.2 Å². The lowest BCUT2D eigenvalue weighted by Gasteiger charge is -2.36. The van der Waals surface area contributed by atoms with E-state index in [4.69, 9.17) is 14.2 Å². The summed E-state index contributed by atoms with van der Waals surface area (Å²) >= 11 is 0. The van der Waals surface area contributed by atoms with Gasteiger partial charge in [0.05, 0.1) is 18.8 Å². The van der Waals surface area contributed by atoms with Crippen molar-refractivity contribution in [2.24, 2.45) is 0 Å². The standard InChI is InChI=1S/C24H38O5/c1-3-5-6-7-8-9-19-27-21-12-10-20(11-13-21)24(26)16-14-22(15-17-24)29-23(25)28-18-4-2/h10-13,22,26H,3-9,14-19H2,1-2H3. The molecule has 0 atom stereocenters. The molecule has 29 heavy (non-hydrogen) atoms. The molecule has 1 aromatic rings. The molecular weight excluding hydrogens is 368 g/mol. The van der Waals surface area contributed by atoms with Crippen molar-refractivity contribution >= 4 is 6.16 Å². The molecule has 5 heteroatoms. The van der Waals surface area contributed by atoms with Crippen LogP contribution in [0.15, 0.2) is 24.3 Å². The predicted octanol–water partition coefficient (Wildman–Crippen LogP) is 6.12. The Kier molecular flexibility index (Phi) is 10.3. The Labute approximate surface area is 175 Å². The van der Waals surface area contributed by atoms with Gasteiger partial charge in [-0.25, -0.2) is 4.79 Å². The fourth-order valence-corrected chi connectivity index (χ4v) is 3.76. The van der Waals surface area contributed by atoms with Gasteiger partial charge in [0.15, 0.2) is 0 Å². The Morgan fingerprint density at radius 1 is 0.966 bits per heavy atom. The van der Waals surface area contributed by atoms with Gasteiger partial charge in [0, 0.05) is 0 Å². The molecule has 0 aromatic heterocycles. The smallest absolute Gasteiger partial charge is 0.494 e. The second kappa shape index (κ2) is 12.7. The summed E-state index contributed by atoms with van der Waals surface area (Å²) in [5.74, 6) is 0.849. The highest BCUT2D eigenvalue weighted by Gasteiger charge is 2.36. The summed E-state index contributed by atoms with van der Waals surface area (Å²) < 4.78 is 16.1. The number of carbonyl (C=O) groups is 1. The van der Waals surface area contributed by atoms with Gasteiger partial charge in [-0.2, -0.15) is 0 Å². The molecule has 1 fully saturated rings. The van der Waals surface area contributed by atoms with E-state index >= 15 is 0 Å². The Morgan fingerprint density at radius 2 is 1.62 bits per heavy atom. The fraction of sp³-hybridized carbons (Fsp3) is 0.708. The summed E-state index contributed by atoms with van der Waals surface area (Å²) in [5, 5.41) is 11.0. The highest BCUT2D eigenvalue weighted by molar-refractivity contribution is 5.60. The molecule has 0 spiro atoms. The lowest BCUT2D eigenvalue weighted by Crippen LogP contribution is -2.35. The van der Waals surface area contributed by atoms with E-state index in [1.54, 1.807) is 0 Å². The molecular formula is C24H38O5. The maximum Gasteiger partial charge on any atom is 0.508 e. The van der Waals surface area contributed by atoms with Crippen molar-refractivity contribution < 1.29 is 24.1 Å². The molecule has 0 aliphatic heterocycles. The molecule has 5 nitrogen and oxygen atoms in total. The van der Waals surface area contributed by atoms with E-state index in [1.807, 2.05) is 31.2 Å². The van der Waals surface area contributed by atoms with Gasteiger partial charge < -0.3 is 19.3 Å². The number of hydrogen-bond donors (Lipinski definition) is 1. The Balaban J connectivity index is 1.71. The first-order valence-corrected chi connectivity index (χ1v) is 11.4.